The van der Waals surface area contributed by atoms with E-state index in [1.807, 2.05) is 20.8 Å². The van der Waals surface area contributed by atoms with Crippen LogP contribution in [0.1, 0.15) is 120 Å². The van der Waals surface area contributed by atoms with Crippen molar-refractivity contribution in [2.24, 2.45) is 56.0 Å². The van der Waals surface area contributed by atoms with Crippen LogP contribution >= 0.6 is 0 Å². The quantitative estimate of drug-likeness (QED) is 0.302. The maximum absolute atomic E-state index is 14.4. The first-order chi connectivity index (χ1) is 17.4. The Morgan fingerprint density at radius 3 is 2.24 bits per heavy atom. The molecule has 0 spiro atoms. The zero-order chi connectivity index (χ0) is 28.3. The van der Waals surface area contributed by atoms with E-state index in [-0.39, 0.29) is 56.9 Å². The van der Waals surface area contributed by atoms with Crippen LogP contribution in [0.15, 0.2) is 11.6 Å². The van der Waals surface area contributed by atoms with E-state index in [0.717, 1.165) is 56.4 Å². The number of carbonyl (C=O) groups is 2. The number of nitrogens with zero attached hydrogens (tertiary/aromatic N) is 1. The number of allylic oxidation sites excluding steroid dienone is 2. The molecule has 0 heterocycles. The second-order valence-electron chi connectivity index (χ2n) is 16.5. The maximum atomic E-state index is 14.4. The van der Waals surface area contributed by atoms with Crippen molar-refractivity contribution in [1.82, 2.24) is 5.06 Å². The topological polar surface area (TPSA) is 83.6 Å². The Hall–Kier alpha value is -1.20. The van der Waals surface area contributed by atoms with Crippen molar-refractivity contribution in [3.63, 3.8) is 0 Å². The third kappa shape index (κ3) is 3.49. The van der Waals surface area contributed by atoms with Gasteiger partial charge in [-0.3, -0.25) is 14.8 Å². The van der Waals surface area contributed by atoms with Crippen LogP contribution in [0.2, 0.25) is 0 Å². The van der Waals surface area contributed by atoms with Gasteiger partial charge in [-0.15, -0.1) is 0 Å². The molecule has 0 aromatic carbocycles. The van der Waals surface area contributed by atoms with E-state index in [1.165, 1.54) is 5.57 Å². The van der Waals surface area contributed by atoms with Gasteiger partial charge in [0, 0.05) is 17.4 Å². The molecule has 0 aliphatic heterocycles. The normalized spacial score (nSPS) is 49.8. The molecule has 0 bridgehead atoms. The number of fused-ring (bicyclic) bond motifs is 7. The lowest BCUT2D eigenvalue weighted by molar-refractivity contribution is -0.194. The Labute approximate surface area is 231 Å². The lowest BCUT2D eigenvalue weighted by Crippen LogP contribution is -2.67. The van der Waals surface area contributed by atoms with Crippen LogP contribution in [-0.2, 0) is 9.59 Å². The van der Waals surface area contributed by atoms with Crippen LogP contribution in [0.25, 0.3) is 0 Å². The lowest BCUT2D eigenvalue weighted by Gasteiger charge is -2.70. The van der Waals surface area contributed by atoms with Crippen molar-refractivity contribution in [2.45, 2.75) is 132 Å². The van der Waals surface area contributed by atoms with Crippen molar-refractivity contribution in [1.29, 1.82) is 0 Å². The summed E-state index contributed by atoms with van der Waals surface area (Å²) in [4.78, 5) is 27.9. The SMILES string of the molecule is CC(C)N(O)C(=O)[C@@]1(C)CC[C@]2(C)CC[C@]3(C)C(=CC(=O)[C@@H]4[C@@]5(C)CC[C@H](N)C(C)(C)C5CC[C@]43C)[C@@H]2C1. The molecular weight excluding hydrogens is 472 g/mol. The molecule has 0 aromatic rings. The standard InChI is InChI=1S/C33H54N2O3/c1-20(2)35(38)27(37)30(6)15-14-29(5)16-17-32(8)21(22(29)19-30)18-23(36)26-31(7)12-11-25(34)28(3,4)24(31)10-13-33(26,32)9/h18,20,22,24-26,38H,10-17,19,34H2,1-9H3/t22-,24?,25-,26+,29+,30-,31-,32+,33+/m0/s1. The molecule has 5 rings (SSSR count). The summed E-state index contributed by atoms with van der Waals surface area (Å²) in [5.74, 6) is 0.821. The first-order valence-electron chi connectivity index (χ1n) is 15.4. The number of rotatable bonds is 2. The van der Waals surface area contributed by atoms with Crippen LogP contribution in [0.3, 0.4) is 0 Å². The summed E-state index contributed by atoms with van der Waals surface area (Å²) in [6.07, 6.45) is 11.0. The van der Waals surface area contributed by atoms with Gasteiger partial charge >= 0.3 is 0 Å². The molecule has 0 aromatic heterocycles. The molecular formula is C33H54N2O3. The largest absolute Gasteiger partial charge is 0.327 e. The molecule has 9 atom stereocenters. The Balaban J connectivity index is 1.58. The molecule has 1 unspecified atom stereocenters. The Bertz CT molecular complexity index is 1060. The fourth-order valence-electron chi connectivity index (χ4n) is 10.9. The summed E-state index contributed by atoms with van der Waals surface area (Å²) in [6.45, 7) is 20.1. The van der Waals surface area contributed by atoms with Crippen molar-refractivity contribution < 1.29 is 14.8 Å². The van der Waals surface area contributed by atoms with Crippen LogP contribution in [0.4, 0.5) is 0 Å². The smallest absolute Gasteiger partial charge is 0.252 e. The predicted octanol–water partition coefficient (Wildman–Crippen LogP) is 6.92. The molecule has 0 saturated heterocycles. The Morgan fingerprint density at radius 2 is 1.61 bits per heavy atom. The lowest BCUT2D eigenvalue weighted by atomic mass is 9.33. The minimum absolute atomic E-state index is 0.0177. The number of nitrogens with two attached hydrogens (primary N) is 1. The minimum Gasteiger partial charge on any atom is -0.327 e. The third-order valence-corrected chi connectivity index (χ3v) is 13.9. The first-order valence-corrected chi connectivity index (χ1v) is 15.4. The second-order valence-corrected chi connectivity index (χ2v) is 16.5. The van der Waals surface area contributed by atoms with E-state index >= 15 is 0 Å². The van der Waals surface area contributed by atoms with Gasteiger partial charge in [-0.05, 0) is 117 Å². The zero-order valence-corrected chi connectivity index (χ0v) is 25.6. The number of amides is 1. The molecule has 38 heavy (non-hydrogen) atoms. The highest BCUT2D eigenvalue weighted by atomic mass is 16.5. The summed E-state index contributed by atoms with van der Waals surface area (Å²) >= 11 is 0. The summed E-state index contributed by atoms with van der Waals surface area (Å²) in [6, 6.07) is -0.0572. The number of hydrogen-bond donors (Lipinski definition) is 2. The Kier molecular flexibility index (Phi) is 6.27. The van der Waals surface area contributed by atoms with E-state index in [2.05, 4.69) is 47.6 Å². The summed E-state index contributed by atoms with van der Waals surface area (Å²) in [5, 5.41) is 11.5. The van der Waals surface area contributed by atoms with Gasteiger partial charge in [-0.2, -0.15) is 0 Å². The van der Waals surface area contributed by atoms with Crippen LogP contribution in [-0.4, -0.2) is 34.0 Å². The van der Waals surface area contributed by atoms with Gasteiger partial charge in [0.2, 0.25) is 0 Å². The van der Waals surface area contributed by atoms with E-state index in [9.17, 15) is 14.8 Å². The van der Waals surface area contributed by atoms with Crippen LogP contribution in [0, 0.1) is 50.2 Å². The van der Waals surface area contributed by atoms with E-state index in [1.54, 1.807) is 0 Å². The first kappa shape index (κ1) is 28.3. The fourth-order valence-corrected chi connectivity index (χ4v) is 10.9. The molecule has 214 valence electrons. The predicted molar refractivity (Wildman–Crippen MR) is 151 cm³/mol. The van der Waals surface area contributed by atoms with Crippen molar-refractivity contribution in [3.8, 4) is 0 Å². The minimum atomic E-state index is -0.615. The molecule has 3 N–H and O–H groups in total. The number of hydroxylamine groups is 2. The van der Waals surface area contributed by atoms with E-state index < -0.39 is 5.41 Å². The zero-order valence-electron chi connectivity index (χ0n) is 25.6. The van der Waals surface area contributed by atoms with Crippen LogP contribution in [0.5, 0.6) is 0 Å². The third-order valence-electron chi connectivity index (χ3n) is 13.9. The summed E-state index contributed by atoms with van der Waals surface area (Å²) < 4.78 is 0. The molecule has 5 aliphatic rings. The molecule has 0 radical (unpaired) electrons. The average molecular weight is 527 g/mol. The molecule has 5 aliphatic carbocycles. The fraction of sp³-hybridized carbons (Fsp3) is 0.879. The van der Waals surface area contributed by atoms with E-state index in [0.29, 0.717) is 18.1 Å². The highest BCUT2D eigenvalue weighted by Crippen LogP contribution is 2.75. The monoisotopic (exact) mass is 526 g/mol. The van der Waals surface area contributed by atoms with Crippen molar-refractivity contribution in [3.05, 3.63) is 11.6 Å². The van der Waals surface area contributed by atoms with Gasteiger partial charge in [0.25, 0.3) is 5.91 Å². The van der Waals surface area contributed by atoms with Gasteiger partial charge in [-0.25, -0.2) is 5.06 Å². The molecule has 5 heteroatoms. The number of ketones is 1. The number of hydrogen-bond acceptors (Lipinski definition) is 4. The number of carbonyl (C=O) groups excluding carboxylic acids is 2. The highest BCUT2D eigenvalue weighted by molar-refractivity contribution is 5.95. The van der Waals surface area contributed by atoms with Gasteiger partial charge in [0.1, 0.15) is 0 Å². The van der Waals surface area contributed by atoms with Gasteiger partial charge < -0.3 is 5.73 Å². The van der Waals surface area contributed by atoms with Crippen LogP contribution < -0.4 is 5.73 Å². The molecule has 4 fully saturated rings. The molecule has 5 nitrogen and oxygen atoms in total. The second kappa shape index (κ2) is 8.41. The summed E-state index contributed by atoms with van der Waals surface area (Å²) in [7, 11) is 0. The van der Waals surface area contributed by atoms with E-state index in [4.69, 9.17) is 5.73 Å². The highest BCUT2D eigenvalue weighted by Gasteiger charge is 2.70. The molecule has 4 saturated carbocycles. The maximum Gasteiger partial charge on any atom is 0.252 e. The van der Waals surface area contributed by atoms with Crippen molar-refractivity contribution in [2.75, 3.05) is 0 Å². The van der Waals surface area contributed by atoms with Gasteiger partial charge in [0.15, 0.2) is 5.78 Å². The van der Waals surface area contributed by atoms with Crippen molar-refractivity contribution >= 4 is 11.7 Å². The van der Waals surface area contributed by atoms with Gasteiger partial charge in [-0.1, -0.05) is 54.0 Å². The summed E-state index contributed by atoms with van der Waals surface area (Å²) in [5.41, 5.74) is 7.30. The molecule has 1 amide bonds. The average Bonchev–Trinajstić information content (AvgIpc) is 2.83. The van der Waals surface area contributed by atoms with Gasteiger partial charge in [0.05, 0.1) is 6.04 Å². The Morgan fingerprint density at radius 1 is 0.974 bits per heavy atom.